The molecule has 0 amide bonds. The lowest BCUT2D eigenvalue weighted by Gasteiger charge is -2.06. The molecule has 2 N–H and O–H groups in total. The van der Waals surface area contributed by atoms with Crippen molar-refractivity contribution in [1.29, 1.82) is 5.26 Å². The lowest BCUT2D eigenvalue weighted by atomic mass is 10.2. The zero-order valence-corrected chi connectivity index (χ0v) is 12.3. The van der Waals surface area contributed by atoms with Crippen LogP contribution in [0.4, 0.5) is 0 Å². The van der Waals surface area contributed by atoms with E-state index in [-0.39, 0.29) is 26.9 Å². The molecule has 0 unspecified atom stereocenters. The number of hydrogen-bond acceptors (Lipinski definition) is 5. The summed E-state index contributed by atoms with van der Waals surface area (Å²) in [6.45, 7) is -0.0291. The molecule has 1 aromatic carbocycles. The Kier molecular flexibility index (Phi) is 4.25. The average molecular weight is 330 g/mol. The molecule has 0 aliphatic rings. The Morgan fingerprint density at radius 2 is 2.20 bits per heavy atom. The topological polar surface area (TPSA) is 103 Å². The second kappa shape index (κ2) is 5.76. The fraction of sp³-hybridized carbons (Fsp3) is 0.0909. The van der Waals surface area contributed by atoms with Gasteiger partial charge in [-0.05, 0) is 18.2 Å². The number of benzene rings is 1. The van der Waals surface area contributed by atoms with Crippen molar-refractivity contribution in [2.24, 2.45) is 0 Å². The molecular formula is C11H8ClN3O3S2. The Morgan fingerprint density at radius 3 is 2.75 bits per heavy atom. The monoisotopic (exact) mass is 329 g/mol. The first kappa shape index (κ1) is 14.7. The minimum Gasteiger partial charge on any atom is -0.315 e. The third-order valence-electron chi connectivity index (χ3n) is 2.39. The van der Waals surface area contributed by atoms with Gasteiger partial charge in [0.25, 0.3) is 0 Å². The molecule has 0 fully saturated rings. The summed E-state index contributed by atoms with van der Waals surface area (Å²) in [5.41, 5.74) is 0.677. The van der Waals surface area contributed by atoms with Crippen LogP contribution in [-0.2, 0) is 16.6 Å². The van der Waals surface area contributed by atoms with Gasteiger partial charge in [-0.3, -0.25) is 4.79 Å². The van der Waals surface area contributed by atoms with Crippen molar-refractivity contribution in [3.63, 3.8) is 0 Å². The highest BCUT2D eigenvalue weighted by Crippen LogP contribution is 2.20. The standard InChI is InChI=1S/C11H8ClN3O3S2/c12-10-3-9(2-1-7(10)4-13)20(17,18)14-5-8-6-19-11(16)15-8/h1-3,6,14H,5H2,(H,15,16). The van der Waals surface area contributed by atoms with Crippen LogP contribution < -0.4 is 9.60 Å². The van der Waals surface area contributed by atoms with Crippen molar-refractivity contribution in [2.45, 2.75) is 11.4 Å². The Hall–Kier alpha value is -1.66. The first-order valence-corrected chi connectivity index (χ1v) is 8.02. The molecule has 0 saturated carbocycles. The lowest BCUT2D eigenvalue weighted by molar-refractivity contribution is 0.580. The fourth-order valence-electron chi connectivity index (χ4n) is 1.41. The summed E-state index contributed by atoms with van der Waals surface area (Å²) in [7, 11) is -3.76. The summed E-state index contributed by atoms with van der Waals surface area (Å²) in [6, 6.07) is 5.69. The van der Waals surface area contributed by atoms with Crippen LogP contribution in [0.5, 0.6) is 0 Å². The highest BCUT2D eigenvalue weighted by atomic mass is 35.5. The molecular weight excluding hydrogens is 322 g/mol. The van der Waals surface area contributed by atoms with E-state index >= 15 is 0 Å². The minimum absolute atomic E-state index is 0.0291. The van der Waals surface area contributed by atoms with E-state index < -0.39 is 10.0 Å². The van der Waals surface area contributed by atoms with E-state index in [1.54, 1.807) is 0 Å². The molecule has 2 aromatic rings. The molecule has 104 valence electrons. The predicted molar refractivity (Wildman–Crippen MR) is 75.1 cm³/mol. The summed E-state index contributed by atoms with van der Waals surface area (Å²) < 4.78 is 26.4. The molecule has 0 bridgehead atoms. The first-order chi connectivity index (χ1) is 9.42. The number of nitriles is 1. The number of halogens is 1. The molecule has 1 heterocycles. The zero-order chi connectivity index (χ0) is 14.8. The van der Waals surface area contributed by atoms with E-state index in [0.29, 0.717) is 5.69 Å². The van der Waals surface area contributed by atoms with E-state index in [4.69, 9.17) is 16.9 Å². The van der Waals surface area contributed by atoms with Crippen LogP contribution in [0.15, 0.2) is 33.3 Å². The number of hydrogen-bond donors (Lipinski definition) is 2. The van der Waals surface area contributed by atoms with Crippen molar-refractivity contribution in [3.8, 4) is 6.07 Å². The van der Waals surface area contributed by atoms with Crippen molar-refractivity contribution in [3.05, 3.63) is 49.5 Å². The van der Waals surface area contributed by atoms with Crippen LogP contribution >= 0.6 is 22.9 Å². The lowest BCUT2D eigenvalue weighted by Crippen LogP contribution is -2.23. The third-order valence-corrected chi connectivity index (χ3v) is 4.82. The number of sulfonamides is 1. The van der Waals surface area contributed by atoms with Crippen LogP contribution in [-0.4, -0.2) is 13.4 Å². The quantitative estimate of drug-likeness (QED) is 0.885. The van der Waals surface area contributed by atoms with E-state index in [9.17, 15) is 13.2 Å². The second-order valence-corrected chi connectivity index (χ2v) is 6.77. The SMILES string of the molecule is N#Cc1ccc(S(=O)(=O)NCc2csc(=O)[nH]2)cc1Cl. The number of H-pyrrole nitrogens is 1. The van der Waals surface area contributed by atoms with Crippen molar-refractivity contribution >= 4 is 33.0 Å². The maximum atomic E-state index is 12.0. The molecule has 0 spiro atoms. The van der Waals surface area contributed by atoms with E-state index in [2.05, 4.69) is 9.71 Å². The summed E-state index contributed by atoms with van der Waals surface area (Å²) >= 11 is 6.75. The predicted octanol–water partition coefficient (Wildman–Crippen LogP) is 1.44. The van der Waals surface area contributed by atoms with Gasteiger partial charge in [0.05, 0.1) is 22.0 Å². The molecule has 0 atom stereocenters. The fourth-order valence-corrected chi connectivity index (χ4v) is 3.31. The Morgan fingerprint density at radius 1 is 1.45 bits per heavy atom. The number of rotatable bonds is 4. The average Bonchev–Trinajstić information content (AvgIpc) is 2.82. The van der Waals surface area contributed by atoms with Gasteiger partial charge < -0.3 is 4.98 Å². The Labute approximate surface area is 123 Å². The summed E-state index contributed by atoms with van der Waals surface area (Å²) in [4.78, 5) is 13.1. The number of aromatic nitrogens is 1. The molecule has 0 aliphatic heterocycles. The summed E-state index contributed by atoms with van der Waals surface area (Å²) in [6.07, 6.45) is 0. The number of nitrogens with zero attached hydrogens (tertiary/aromatic N) is 1. The minimum atomic E-state index is -3.76. The molecule has 0 radical (unpaired) electrons. The van der Waals surface area contributed by atoms with Crippen molar-refractivity contribution in [1.82, 2.24) is 9.71 Å². The van der Waals surface area contributed by atoms with Crippen LogP contribution in [0.1, 0.15) is 11.3 Å². The maximum absolute atomic E-state index is 12.0. The molecule has 9 heteroatoms. The van der Waals surface area contributed by atoms with Gasteiger partial charge in [-0.25, -0.2) is 13.1 Å². The van der Waals surface area contributed by atoms with Gasteiger partial charge in [0.1, 0.15) is 6.07 Å². The van der Waals surface area contributed by atoms with Gasteiger partial charge in [0.2, 0.25) is 10.0 Å². The molecule has 2 rings (SSSR count). The van der Waals surface area contributed by atoms with E-state index in [0.717, 1.165) is 11.3 Å². The van der Waals surface area contributed by atoms with Crippen molar-refractivity contribution < 1.29 is 8.42 Å². The molecule has 20 heavy (non-hydrogen) atoms. The molecule has 6 nitrogen and oxygen atoms in total. The van der Waals surface area contributed by atoms with Gasteiger partial charge in [-0.15, -0.1) is 0 Å². The number of aromatic amines is 1. The zero-order valence-electron chi connectivity index (χ0n) is 9.88. The summed E-state index contributed by atoms with van der Waals surface area (Å²) in [5, 5.41) is 10.3. The van der Waals surface area contributed by atoms with Crippen molar-refractivity contribution in [2.75, 3.05) is 0 Å². The van der Waals surface area contributed by atoms with Crippen LogP contribution in [0.3, 0.4) is 0 Å². The van der Waals surface area contributed by atoms with Gasteiger partial charge in [-0.2, -0.15) is 5.26 Å². The van der Waals surface area contributed by atoms with Crippen LogP contribution in [0.2, 0.25) is 5.02 Å². The van der Waals surface area contributed by atoms with E-state index in [1.807, 2.05) is 6.07 Å². The van der Waals surface area contributed by atoms with Gasteiger partial charge >= 0.3 is 4.87 Å². The normalized spacial score (nSPS) is 11.2. The Bertz CT molecular complexity index is 833. The number of thiazole rings is 1. The maximum Gasteiger partial charge on any atom is 0.304 e. The highest BCUT2D eigenvalue weighted by molar-refractivity contribution is 7.89. The highest BCUT2D eigenvalue weighted by Gasteiger charge is 2.15. The van der Waals surface area contributed by atoms with Crippen LogP contribution in [0.25, 0.3) is 0 Å². The Balaban J connectivity index is 2.20. The largest absolute Gasteiger partial charge is 0.315 e. The van der Waals surface area contributed by atoms with E-state index in [1.165, 1.54) is 23.6 Å². The van der Waals surface area contributed by atoms with Gasteiger partial charge in [0, 0.05) is 11.1 Å². The van der Waals surface area contributed by atoms with Crippen LogP contribution in [0, 0.1) is 11.3 Å². The third kappa shape index (κ3) is 3.26. The smallest absolute Gasteiger partial charge is 0.304 e. The van der Waals surface area contributed by atoms with Gasteiger partial charge in [0.15, 0.2) is 0 Å². The second-order valence-electron chi connectivity index (χ2n) is 3.75. The first-order valence-electron chi connectivity index (χ1n) is 5.28. The molecule has 0 aliphatic carbocycles. The van der Waals surface area contributed by atoms with Gasteiger partial charge in [-0.1, -0.05) is 22.9 Å². The summed E-state index contributed by atoms with van der Waals surface area (Å²) in [5.74, 6) is 0. The molecule has 1 aromatic heterocycles. The number of nitrogens with one attached hydrogen (secondary N) is 2. The molecule has 0 saturated heterocycles.